The van der Waals surface area contributed by atoms with Crippen LogP contribution in [-0.2, 0) is 11.3 Å². The van der Waals surface area contributed by atoms with E-state index in [0.29, 0.717) is 25.1 Å². The van der Waals surface area contributed by atoms with Gasteiger partial charge in [-0.25, -0.2) is 0 Å². The third kappa shape index (κ3) is 3.32. The van der Waals surface area contributed by atoms with Crippen LogP contribution >= 0.6 is 0 Å². The molecule has 0 fully saturated rings. The monoisotopic (exact) mass is 240 g/mol. The van der Waals surface area contributed by atoms with E-state index in [-0.39, 0.29) is 5.75 Å². The van der Waals surface area contributed by atoms with Crippen molar-refractivity contribution in [2.75, 3.05) is 0 Å². The van der Waals surface area contributed by atoms with Crippen molar-refractivity contribution in [1.29, 1.82) is 0 Å². The van der Waals surface area contributed by atoms with E-state index in [1.165, 1.54) is 6.07 Å². The van der Waals surface area contributed by atoms with Crippen molar-refractivity contribution >= 4 is 5.97 Å². The molecule has 1 atom stereocenters. The number of aryl methyl sites for hydroxylation is 1. The molecule has 1 rings (SSSR count). The van der Waals surface area contributed by atoms with Gasteiger partial charge in [-0.05, 0) is 19.8 Å². The number of aliphatic carboxylic acids is 1. The minimum Gasteiger partial charge on any atom is -0.503 e. The Bertz CT molecular complexity index is 467. The van der Waals surface area contributed by atoms with Gasteiger partial charge in [-0.3, -0.25) is 9.59 Å². The van der Waals surface area contributed by atoms with Gasteiger partial charge in [0.2, 0.25) is 5.43 Å². The standard InChI is InChI=1S/C11H16N2O4/c1-7-10(15)9(14)4-6-13(7)5-2-3-8(12)11(16)17/h4,6,8,15H,2-3,5,12H2,1H3,(H,16,17)/t8-/m0/s1. The molecule has 0 saturated heterocycles. The molecule has 0 bridgehead atoms. The molecular formula is C11H16N2O4. The topological polar surface area (TPSA) is 106 Å². The maximum atomic E-state index is 11.1. The normalized spacial score (nSPS) is 12.4. The quantitative estimate of drug-likeness (QED) is 0.674. The Hall–Kier alpha value is -1.82. The maximum absolute atomic E-state index is 11.1. The highest BCUT2D eigenvalue weighted by atomic mass is 16.4. The van der Waals surface area contributed by atoms with Crippen molar-refractivity contribution in [2.45, 2.75) is 32.4 Å². The Morgan fingerprint density at radius 1 is 1.59 bits per heavy atom. The first kappa shape index (κ1) is 13.2. The van der Waals surface area contributed by atoms with Gasteiger partial charge in [0, 0.05) is 18.8 Å². The van der Waals surface area contributed by atoms with Crippen LogP contribution in [0.25, 0.3) is 0 Å². The van der Waals surface area contributed by atoms with Gasteiger partial charge in [-0.1, -0.05) is 0 Å². The van der Waals surface area contributed by atoms with Crippen molar-refractivity contribution in [3.05, 3.63) is 28.2 Å². The van der Waals surface area contributed by atoms with Gasteiger partial charge in [-0.15, -0.1) is 0 Å². The molecule has 4 N–H and O–H groups in total. The van der Waals surface area contributed by atoms with Crippen molar-refractivity contribution in [1.82, 2.24) is 4.57 Å². The Labute approximate surface area is 98.3 Å². The number of carboxylic acid groups (broad SMARTS) is 1. The predicted molar refractivity (Wildman–Crippen MR) is 61.9 cm³/mol. The predicted octanol–water partition coefficient (Wildman–Crippen LogP) is 0.0544. The summed E-state index contributed by atoms with van der Waals surface area (Å²) >= 11 is 0. The van der Waals surface area contributed by atoms with E-state index < -0.39 is 17.4 Å². The number of pyridine rings is 1. The number of rotatable bonds is 5. The lowest BCUT2D eigenvalue weighted by Crippen LogP contribution is -2.30. The van der Waals surface area contributed by atoms with E-state index in [1.54, 1.807) is 17.7 Å². The zero-order valence-corrected chi connectivity index (χ0v) is 9.59. The fourth-order valence-corrected chi connectivity index (χ4v) is 1.51. The highest BCUT2D eigenvalue weighted by Crippen LogP contribution is 2.10. The number of aromatic hydroxyl groups is 1. The van der Waals surface area contributed by atoms with Gasteiger partial charge in [-0.2, -0.15) is 0 Å². The van der Waals surface area contributed by atoms with Crippen LogP contribution in [0.3, 0.4) is 0 Å². The molecule has 0 radical (unpaired) electrons. The van der Waals surface area contributed by atoms with Crippen molar-refractivity contribution in [3.63, 3.8) is 0 Å². The highest BCUT2D eigenvalue weighted by Gasteiger charge is 2.11. The van der Waals surface area contributed by atoms with E-state index in [1.807, 2.05) is 0 Å². The SMILES string of the molecule is Cc1c(O)c(=O)ccn1CCC[C@H](N)C(=O)O. The highest BCUT2D eigenvalue weighted by molar-refractivity contribution is 5.72. The summed E-state index contributed by atoms with van der Waals surface area (Å²) in [7, 11) is 0. The second-order valence-electron chi connectivity index (χ2n) is 3.89. The molecule has 1 aromatic rings. The third-order valence-electron chi connectivity index (χ3n) is 2.64. The van der Waals surface area contributed by atoms with Crippen LogP contribution < -0.4 is 11.2 Å². The summed E-state index contributed by atoms with van der Waals surface area (Å²) in [6.45, 7) is 2.15. The van der Waals surface area contributed by atoms with Crippen LogP contribution in [0.4, 0.5) is 0 Å². The third-order valence-corrected chi connectivity index (χ3v) is 2.64. The van der Waals surface area contributed by atoms with Crippen molar-refractivity contribution in [3.8, 4) is 5.75 Å². The molecule has 0 saturated carbocycles. The maximum Gasteiger partial charge on any atom is 0.320 e. The second kappa shape index (κ2) is 5.49. The average Bonchev–Trinajstić information content (AvgIpc) is 2.28. The lowest BCUT2D eigenvalue weighted by atomic mass is 10.1. The molecule has 0 amide bonds. The molecule has 0 spiro atoms. The summed E-state index contributed by atoms with van der Waals surface area (Å²) in [4.78, 5) is 21.6. The Morgan fingerprint density at radius 3 is 2.82 bits per heavy atom. The van der Waals surface area contributed by atoms with Crippen molar-refractivity contribution in [2.24, 2.45) is 5.73 Å². The molecular weight excluding hydrogens is 224 g/mol. The summed E-state index contributed by atoms with van der Waals surface area (Å²) in [6, 6.07) is 0.405. The molecule has 0 aliphatic heterocycles. The molecule has 0 aliphatic rings. The molecule has 6 nitrogen and oxygen atoms in total. The van der Waals surface area contributed by atoms with Crippen LogP contribution in [0.15, 0.2) is 17.1 Å². The van der Waals surface area contributed by atoms with E-state index in [9.17, 15) is 14.7 Å². The van der Waals surface area contributed by atoms with Gasteiger partial charge in [0.1, 0.15) is 6.04 Å². The largest absolute Gasteiger partial charge is 0.503 e. The number of carboxylic acids is 1. The van der Waals surface area contributed by atoms with E-state index >= 15 is 0 Å². The number of aromatic nitrogens is 1. The lowest BCUT2D eigenvalue weighted by molar-refractivity contribution is -0.138. The molecule has 1 heterocycles. The van der Waals surface area contributed by atoms with Crippen LogP contribution in [0, 0.1) is 6.92 Å². The van der Waals surface area contributed by atoms with Crippen LogP contribution in [0.5, 0.6) is 5.75 Å². The summed E-state index contributed by atoms with van der Waals surface area (Å²) in [5.41, 5.74) is 5.42. The summed E-state index contributed by atoms with van der Waals surface area (Å²) in [5, 5.41) is 18.0. The molecule has 0 aliphatic carbocycles. The van der Waals surface area contributed by atoms with E-state index in [2.05, 4.69) is 0 Å². The van der Waals surface area contributed by atoms with Gasteiger partial charge in [0.25, 0.3) is 0 Å². The lowest BCUT2D eigenvalue weighted by Gasteiger charge is -2.12. The van der Waals surface area contributed by atoms with Crippen LogP contribution in [0.2, 0.25) is 0 Å². The first-order valence-electron chi connectivity index (χ1n) is 5.31. The smallest absolute Gasteiger partial charge is 0.320 e. The van der Waals surface area contributed by atoms with E-state index in [4.69, 9.17) is 10.8 Å². The number of hydrogen-bond donors (Lipinski definition) is 3. The number of carbonyl (C=O) groups is 1. The zero-order chi connectivity index (χ0) is 13.0. The first-order valence-corrected chi connectivity index (χ1v) is 5.31. The molecule has 0 aromatic carbocycles. The summed E-state index contributed by atoms with van der Waals surface area (Å²) in [6.07, 6.45) is 2.49. The number of nitrogens with zero attached hydrogens (tertiary/aromatic N) is 1. The average molecular weight is 240 g/mol. The number of hydrogen-bond acceptors (Lipinski definition) is 4. The van der Waals surface area contributed by atoms with Crippen LogP contribution in [-0.4, -0.2) is 26.8 Å². The Morgan fingerprint density at radius 2 is 2.24 bits per heavy atom. The fourth-order valence-electron chi connectivity index (χ4n) is 1.51. The zero-order valence-electron chi connectivity index (χ0n) is 9.59. The minimum atomic E-state index is -1.02. The molecule has 94 valence electrons. The molecule has 0 unspecified atom stereocenters. The minimum absolute atomic E-state index is 0.268. The Kier molecular flexibility index (Phi) is 4.28. The molecule has 1 aromatic heterocycles. The second-order valence-corrected chi connectivity index (χ2v) is 3.89. The molecule has 17 heavy (non-hydrogen) atoms. The van der Waals surface area contributed by atoms with Gasteiger partial charge in [0.15, 0.2) is 5.75 Å². The Balaban J connectivity index is 2.62. The van der Waals surface area contributed by atoms with Gasteiger partial charge in [0.05, 0.1) is 5.69 Å². The molecule has 6 heteroatoms. The first-order chi connectivity index (χ1) is 7.93. The summed E-state index contributed by atoms with van der Waals surface area (Å²) in [5.74, 6) is -1.29. The fraction of sp³-hybridized carbons (Fsp3) is 0.455. The van der Waals surface area contributed by atoms with Gasteiger partial charge >= 0.3 is 5.97 Å². The number of nitrogens with two attached hydrogens (primary N) is 1. The van der Waals surface area contributed by atoms with Gasteiger partial charge < -0.3 is 20.5 Å². The van der Waals surface area contributed by atoms with E-state index in [0.717, 1.165) is 0 Å². The van der Waals surface area contributed by atoms with Crippen molar-refractivity contribution < 1.29 is 15.0 Å². The van der Waals surface area contributed by atoms with Crippen LogP contribution in [0.1, 0.15) is 18.5 Å². The summed E-state index contributed by atoms with van der Waals surface area (Å²) < 4.78 is 1.70.